The number of hydrogen-bond acceptors (Lipinski definition) is 9. The number of likely N-dealkylation sites (N-methyl/N-ethyl adjacent to an activating group) is 2. The number of nitro benzene ring substituents is 1. The Morgan fingerprint density at radius 3 is 2.58 bits per heavy atom. The number of methoxy groups -OCH3 is 1. The van der Waals surface area contributed by atoms with E-state index in [2.05, 4.69) is 20.9 Å². The summed E-state index contributed by atoms with van der Waals surface area (Å²) in [5.74, 6) is 0.562. The van der Waals surface area contributed by atoms with E-state index in [-0.39, 0.29) is 11.6 Å². The lowest BCUT2D eigenvalue weighted by Crippen LogP contribution is -2.29. The van der Waals surface area contributed by atoms with Crippen LogP contribution in [-0.2, 0) is 7.05 Å². The summed E-state index contributed by atoms with van der Waals surface area (Å²) in [4.78, 5) is 36.7. The summed E-state index contributed by atoms with van der Waals surface area (Å²) >= 11 is 0. The Labute approximate surface area is 231 Å². The number of nitrogens with one attached hydrogen (secondary N) is 3. The van der Waals surface area contributed by atoms with Crippen LogP contribution >= 0.6 is 0 Å². The van der Waals surface area contributed by atoms with Crippen LogP contribution in [0.4, 0.5) is 33.5 Å². The molecule has 3 N–H and O–H groups in total. The van der Waals surface area contributed by atoms with Gasteiger partial charge in [0.2, 0.25) is 5.95 Å². The SMILES string of the molecule is CNC(=O)Nc1cnc(Nc2cc([N+](=O)[O-])c(N(C)CCN(C)C)cc2OC)nc1-c1cn(C)c2ccccc12. The third kappa shape index (κ3) is 5.89. The third-order valence-electron chi connectivity index (χ3n) is 6.45. The van der Waals surface area contributed by atoms with Crippen LogP contribution in [0, 0.1) is 10.1 Å². The lowest BCUT2D eigenvalue weighted by atomic mass is 10.1. The fourth-order valence-electron chi connectivity index (χ4n) is 4.32. The molecule has 0 bridgehead atoms. The zero-order valence-electron chi connectivity index (χ0n) is 23.3. The molecule has 2 heterocycles. The van der Waals surface area contributed by atoms with Crippen LogP contribution in [0.3, 0.4) is 0 Å². The highest BCUT2D eigenvalue weighted by atomic mass is 16.6. The van der Waals surface area contributed by atoms with Gasteiger partial charge < -0.3 is 35.1 Å². The molecular weight excluding hydrogens is 514 g/mol. The van der Waals surface area contributed by atoms with Gasteiger partial charge in [-0.1, -0.05) is 18.2 Å². The highest BCUT2D eigenvalue weighted by molar-refractivity contribution is 6.01. The number of carbonyl (C=O) groups excluding carboxylic acids is 1. The van der Waals surface area contributed by atoms with Crippen LogP contribution in [0.15, 0.2) is 48.8 Å². The molecule has 0 unspecified atom stereocenters. The lowest BCUT2D eigenvalue weighted by molar-refractivity contribution is -0.384. The van der Waals surface area contributed by atoms with Gasteiger partial charge in [-0.2, -0.15) is 0 Å². The number of aryl methyl sites for hydroxylation is 1. The maximum atomic E-state index is 12.2. The number of nitro groups is 1. The lowest BCUT2D eigenvalue weighted by Gasteiger charge is -2.22. The average Bonchev–Trinajstić information content (AvgIpc) is 3.28. The zero-order valence-corrected chi connectivity index (χ0v) is 23.3. The van der Waals surface area contributed by atoms with Gasteiger partial charge in [0.1, 0.15) is 17.1 Å². The number of ether oxygens (including phenoxy) is 1. The first-order chi connectivity index (χ1) is 19.1. The summed E-state index contributed by atoms with van der Waals surface area (Å²) in [6, 6.07) is 10.5. The first-order valence-corrected chi connectivity index (χ1v) is 12.5. The van der Waals surface area contributed by atoms with E-state index >= 15 is 0 Å². The molecule has 0 aliphatic carbocycles. The molecule has 0 aliphatic rings. The predicted octanol–water partition coefficient (Wildman–Crippen LogP) is 4.04. The van der Waals surface area contributed by atoms with Gasteiger partial charge in [0.15, 0.2) is 0 Å². The van der Waals surface area contributed by atoms with Crippen molar-refractivity contribution in [1.82, 2.24) is 24.8 Å². The number of benzene rings is 2. The van der Waals surface area contributed by atoms with Gasteiger partial charge in [-0.25, -0.2) is 14.8 Å². The van der Waals surface area contributed by atoms with Crippen LogP contribution in [0.5, 0.6) is 5.75 Å². The number of urea groups is 1. The molecule has 0 saturated heterocycles. The summed E-state index contributed by atoms with van der Waals surface area (Å²) in [7, 11) is 10.6. The zero-order chi connectivity index (χ0) is 29.0. The second kappa shape index (κ2) is 11.9. The molecule has 0 saturated carbocycles. The number of aromatic nitrogens is 3. The van der Waals surface area contributed by atoms with Gasteiger partial charge in [-0.15, -0.1) is 0 Å². The normalized spacial score (nSPS) is 11.0. The summed E-state index contributed by atoms with van der Waals surface area (Å²) in [5.41, 5.74) is 3.32. The molecule has 40 heavy (non-hydrogen) atoms. The van der Waals surface area contributed by atoms with Gasteiger partial charge in [0.05, 0.1) is 29.6 Å². The van der Waals surface area contributed by atoms with Crippen molar-refractivity contribution >= 4 is 45.6 Å². The quantitative estimate of drug-likeness (QED) is 0.198. The minimum absolute atomic E-state index is 0.0864. The topological polar surface area (TPSA) is 143 Å². The molecule has 0 fully saturated rings. The number of carbonyl (C=O) groups is 1. The number of nitrogens with zero attached hydrogens (tertiary/aromatic N) is 6. The van der Waals surface area contributed by atoms with Crippen molar-refractivity contribution in [2.45, 2.75) is 0 Å². The van der Waals surface area contributed by atoms with Crippen molar-refractivity contribution in [3.63, 3.8) is 0 Å². The number of rotatable bonds is 10. The van der Waals surface area contributed by atoms with Crippen LogP contribution in [0.2, 0.25) is 0 Å². The molecule has 4 aromatic rings. The summed E-state index contributed by atoms with van der Waals surface area (Å²) in [6.45, 7) is 1.30. The van der Waals surface area contributed by atoms with E-state index in [9.17, 15) is 14.9 Å². The summed E-state index contributed by atoms with van der Waals surface area (Å²) in [6.07, 6.45) is 3.42. The number of amides is 2. The maximum absolute atomic E-state index is 12.2. The molecule has 0 atom stereocenters. The Balaban J connectivity index is 1.79. The largest absolute Gasteiger partial charge is 0.494 e. The molecular formula is C27H33N9O4. The van der Waals surface area contributed by atoms with Gasteiger partial charge in [0.25, 0.3) is 5.69 Å². The second-order valence-corrected chi connectivity index (χ2v) is 9.48. The number of fused-ring (bicyclic) bond motifs is 1. The number of anilines is 4. The molecule has 4 rings (SSSR count). The Morgan fingerprint density at radius 2 is 1.90 bits per heavy atom. The number of hydrogen-bond donors (Lipinski definition) is 3. The summed E-state index contributed by atoms with van der Waals surface area (Å²) in [5, 5.41) is 21.4. The molecule has 0 aliphatic heterocycles. The second-order valence-electron chi connectivity index (χ2n) is 9.48. The van der Waals surface area contributed by atoms with Gasteiger partial charge >= 0.3 is 6.03 Å². The van der Waals surface area contributed by atoms with Gasteiger partial charge in [-0.05, 0) is 20.2 Å². The van der Waals surface area contributed by atoms with Crippen molar-refractivity contribution in [1.29, 1.82) is 0 Å². The maximum Gasteiger partial charge on any atom is 0.319 e. The van der Waals surface area contributed by atoms with Crippen LogP contribution in [0.1, 0.15) is 0 Å². The minimum Gasteiger partial charge on any atom is -0.494 e. The Hall–Kier alpha value is -4.91. The van der Waals surface area contributed by atoms with Crippen molar-refractivity contribution in [2.24, 2.45) is 7.05 Å². The van der Waals surface area contributed by atoms with Gasteiger partial charge in [-0.3, -0.25) is 10.1 Å². The van der Waals surface area contributed by atoms with E-state index in [1.807, 2.05) is 66.0 Å². The van der Waals surface area contributed by atoms with Crippen molar-refractivity contribution in [3.05, 3.63) is 58.9 Å². The molecule has 13 nitrogen and oxygen atoms in total. The van der Waals surface area contributed by atoms with E-state index < -0.39 is 11.0 Å². The van der Waals surface area contributed by atoms with Gasteiger partial charge in [0, 0.05) is 69.0 Å². The highest BCUT2D eigenvalue weighted by Crippen LogP contribution is 2.40. The first kappa shape index (κ1) is 28.1. The fraction of sp³-hybridized carbons (Fsp3) is 0.296. The van der Waals surface area contributed by atoms with Crippen molar-refractivity contribution < 1.29 is 14.5 Å². The Morgan fingerprint density at radius 1 is 1.15 bits per heavy atom. The van der Waals surface area contributed by atoms with E-state index in [0.717, 1.165) is 23.0 Å². The van der Waals surface area contributed by atoms with Crippen molar-refractivity contribution in [2.75, 3.05) is 63.9 Å². The smallest absolute Gasteiger partial charge is 0.319 e. The molecule has 13 heteroatoms. The highest BCUT2D eigenvalue weighted by Gasteiger charge is 2.23. The number of para-hydroxylation sites is 1. The Bertz CT molecular complexity index is 1550. The molecule has 2 aromatic heterocycles. The standard InChI is InChI=1S/C27H33N9O4/c1-28-27(37)31-20-15-29-26(32-25(20)18-16-35(5)21-10-8-7-9-17(18)21)30-19-13-23(36(38)39)22(14-24(19)40-6)34(4)12-11-33(2)3/h7-10,13-16H,11-12H2,1-6H3,(H2,28,31,37)(H,29,30,32). The fourth-order valence-corrected chi connectivity index (χ4v) is 4.32. The van der Waals surface area contributed by atoms with E-state index in [4.69, 9.17) is 9.72 Å². The molecule has 0 spiro atoms. The first-order valence-electron chi connectivity index (χ1n) is 12.5. The van der Waals surface area contributed by atoms with Crippen LogP contribution in [0.25, 0.3) is 22.2 Å². The Kier molecular flexibility index (Phi) is 8.34. The monoisotopic (exact) mass is 547 g/mol. The molecule has 0 radical (unpaired) electrons. The van der Waals surface area contributed by atoms with E-state index in [0.29, 0.717) is 35.1 Å². The van der Waals surface area contributed by atoms with E-state index in [1.165, 1.54) is 26.4 Å². The minimum atomic E-state index is -0.426. The third-order valence-corrected chi connectivity index (χ3v) is 6.45. The molecule has 2 aromatic carbocycles. The molecule has 2 amide bonds. The van der Waals surface area contributed by atoms with Crippen LogP contribution < -0.4 is 25.6 Å². The molecule has 210 valence electrons. The van der Waals surface area contributed by atoms with E-state index in [1.54, 1.807) is 13.1 Å². The predicted molar refractivity (Wildman–Crippen MR) is 157 cm³/mol. The summed E-state index contributed by atoms with van der Waals surface area (Å²) < 4.78 is 7.56. The van der Waals surface area contributed by atoms with Crippen LogP contribution in [-0.4, -0.2) is 78.8 Å². The van der Waals surface area contributed by atoms with Crippen molar-refractivity contribution in [3.8, 4) is 17.0 Å². The average molecular weight is 548 g/mol.